The smallest absolute Gasteiger partial charge is 0.126 e. The summed E-state index contributed by atoms with van der Waals surface area (Å²) in [6, 6.07) is 5.41. The van der Waals surface area contributed by atoms with Crippen molar-refractivity contribution in [3.05, 3.63) is 35.0 Å². The second-order valence-corrected chi connectivity index (χ2v) is 2.86. The van der Waals surface area contributed by atoms with E-state index in [1.54, 1.807) is 32.6 Å². The van der Waals surface area contributed by atoms with E-state index < -0.39 is 0 Å². The molecule has 1 rings (SSSR count). The first-order valence-corrected chi connectivity index (χ1v) is 4.18. The average molecular weight is 199 g/mol. The molecular weight excluding hydrogens is 188 g/mol. The number of rotatable bonds is 3. The molecule has 0 fully saturated rings. The quantitative estimate of drug-likeness (QED) is 0.696. The SMILES string of the molecule is CO/C=C/c1cc(Cl)ccc1OC. The van der Waals surface area contributed by atoms with Crippen molar-refractivity contribution in [1.29, 1.82) is 0 Å². The molecule has 0 saturated carbocycles. The molecule has 3 heteroatoms. The molecule has 0 aliphatic rings. The van der Waals surface area contributed by atoms with Gasteiger partial charge in [0.1, 0.15) is 5.75 Å². The predicted molar refractivity (Wildman–Crippen MR) is 54.0 cm³/mol. The van der Waals surface area contributed by atoms with Gasteiger partial charge >= 0.3 is 0 Å². The fourth-order valence-corrected chi connectivity index (χ4v) is 1.16. The lowest BCUT2D eigenvalue weighted by Crippen LogP contribution is -1.86. The van der Waals surface area contributed by atoms with Crippen LogP contribution in [0.15, 0.2) is 24.5 Å². The normalized spacial score (nSPS) is 10.4. The molecule has 0 aliphatic carbocycles. The first-order chi connectivity index (χ1) is 6.27. The van der Waals surface area contributed by atoms with Gasteiger partial charge in [-0.3, -0.25) is 0 Å². The minimum atomic E-state index is 0.677. The van der Waals surface area contributed by atoms with Gasteiger partial charge in [0.2, 0.25) is 0 Å². The summed E-state index contributed by atoms with van der Waals surface area (Å²) in [5.74, 6) is 0.776. The zero-order valence-corrected chi connectivity index (χ0v) is 8.34. The fourth-order valence-electron chi connectivity index (χ4n) is 0.977. The Hall–Kier alpha value is -1.15. The second-order valence-electron chi connectivity index (χ2n) is 2.42. The van der Waals surface area contributed by atoms with Gasteiger partial charge in [-0.05, 0) is 24.3 Å². The monoisotopic (exact) mass is 198 g/mol. The summed E-state index contributed by atoms with van der Waals surface area (Å²) in [5, 5.41) is 0.677. The summed E-state index contributed by atoms with van der Waals surface area (Å²) >= 11 is 5.82. The van der Waals surface area contributed by atoms with Crippen LogP contribution in [0.5, 0.6) is 5.75 Å². The third-order valence-electron chi connectivity index (χ3n) is 1.58. The molecule has 1 aromatic carbocycles. The molecule has 0 bridgehead atoms. The van der Waals surface area contributed by atoms with Crippen LogP contribution in [0.4, 0.5) is 0 Å². The maximum atomic E-state index is 5.82. The standard InChI is InChI=1S/C10H11ClO2/c1-12-6-5-8-7-9(11)3-4-10(8)13-2/h3-7H,1-2H3/b6-5+. The number of methoxy groups -OCH3 is 2. The molecule has 0 heterocycles. The summed E-state index contributed by atoms with van der Waals surface area (Å²) in [4.78, 5) is 0. The summed E-state index contributed by atoms with van der Waals surface area (Å²) in [6.07, 6.45) is 3.37. The Kier molecular flexibility index (Phi) is 3.65. The first kappa shape index (κ1) is 9.93. The second kappa shape index (κ2) is 4.77. The maximum absolute atomic E-state index is 5.82. The van der Waals surface area contributed by atoms with Crippen molar-refractivity contribution in [2.45, 2.75) is 0 Å². The molecule has 0 atom stereocenters. The van der Waals surface area contributed by atoms with E-state index in [0.29, 0.717) is 5.02 Å². The lowest BCUT2D eigenvalue weighted by molar-refractivity contribution is 0.341. The molecule has 13 heavy (non-hydrogen) atoms. The number of benzene rings is 1. The first-order valence-electron chi connectivity index (χ1n) is 3.81. The van der Waals surface area contributed by atoms with Crippen molar-refractivity contribution in [3.8, 4) is 5.75 Å². The van der Waals surface area contributed by atoms with Gasteiger partial charge in [0.15, 0.2) is 0 Å². The van der Waals surface area contributed by atoms with E-state index >= 15 is 0 Å². The van der Waals surface area contributed by atoms with Crippen LogP contribution in [0, 0.1) is 0 Å². The van der Waals surface area contributed by atoms with Crippen LogP contribution in [-0.4, -0.2) is 14.2 Å². The third-order valence-corrected chi connectivity index (χ3v) is 1.81. The van der Waals surface area contributed by atoms with Gasteiger partial charge in [-0.1, -0.05) is 11.6 Å². The Bertz CT molecular complexity index is 308. The van der Waals surface area contributed by atoms with E-state index in [2.05, 4.69) is 0 Å². The molecule has 0 unspecified atom stereocenters. The van der Waals surface area contributed by atoms with E-state index in [1.807, 2.05) is 12.1 Å². The largest absolute Gasteiger partial charge is 0.504 e. The van der Waals surface area contributed by atoms with E-state index in [0.717, 1.165) is 11.3 Å². The van der Waals surface area contributed by atoms with Crippen molar-refractivity contribution in [1.82, 2.24) is 0 Å². The van der Waals surface area contributed by atoms with E-state index in [-0.39, 0.29) is 0 Å². The molecule has 0 amide bonds. The van der Waals surface area contributed by atoms with Crippen LogP contribution in [0.3, 0.4) is 0 Å². The van der Waals surface area contributed by atoms with Crippen LogP contribution in [0.1, 0.15) is 5.56 Å². The van der Waals surface area contributed by atoms with Gasteiger partial charge in [-0.15, -0.1) is 0 Å². The summed E-state index contributed by atoms with van der Waals surface area (Å²) in [6.45, 7) is 0. The topological polar surface area (TPSA) is 18.5 Å². The number of halogens is 1. The Balaban J connectivity index is 3.01. The third kappa shape index (κ3) is 2.67. The highest BCUT2D eigenvalue weighted by Gasteiger charge is 1.99. The highest BCUT2D eigenvalue weighted by molar-refractivity contribution is 6.30. The fraction of sp³-hybridized carbons (Fsp3) is 0.200. The van der Waals surface area contributed by atoms with Gasteiger partial charge < -0.3 is 9.47 Å². The lowest BCUT2D eigenvalue weighted by Gasteiger charge is -2.04. The van der Waals surface area contributed by atoms with Crippen molar-refractivity contribution in [3.63, 3.8) is 0 Å². The minimum Gasteiger partial charge on any atom is -0.504 e. The van der Waals surface area contributed by atoms with Crippen molar-refractivity contribution < 1.29 is 9.47 Å². The average Bonchev–Trinajstić information content (AvgIpc) is 2.15. The zero-order chi connectivity index (χ0) is 9.68. The highest BCUT2D eigenvalue weighted by Crippen LogP contribution is 2.23. The van der Waals surface area contributed by atoms with Crippen LogP contribution < -0.4 is 4.74 Å². The van der Waals surface area contributed by atoms with Crippen molar-refractivity contribution >= 4 is 17.7 Å². The van der Waals surface area contributed by atoms with Gasteiger partial charge in [0.05, 0.1) is 20.5 Å². The Morgan fingerprint density at radius 1 is 1.31 bits per heavy atom. The molecule has 1 aromatic rings. The number of hydrogen-bond donors (Lipinski definition) is 0. The minimum absolute atomic E-state index is 0.677. The number of hydrogen-bond acceptors (Lipinski definition) is 2. The summed E-state index contributed by atoms with van der Waals surface area (Å²) < 4.78 is 9.94. The van der Waals surface area contributed by atoms with E-state index in [4.69, 9.17) is 21.1 Å². The summed E-state index contributed by atoms with van der Waals surface area (Å²) in [7, 11) is 3.21. The van der Waals surface area contributed by atoms with Gasteiger partial charge in [0, 0.05) is 10.6 Å². The van der Waals surface area contributed by atoms with Crippen molar-refractivity contribution in [2.75, 3.05) is 14.2 Å². The molecule has 70 valence electrons. The van der Waals surface area contributed by atoms with Crippen LogP contribution >= 0.6 is 11.6 Å². The maximum Gasteiger partial charge on any atom is 0.126 e. The Morgan fingerprint density at radius 2 is 2.08 bits per heavy atom. The van der Waals surface area contributed by atoms with E-state index in [1.165, 1.54) is 0 Å². The van der Waals surface area contributed by atoms with Gasteiger partial charge in [-0.2, -0.15) is 0 Å². The van der Waals surface area contributed by atoms with Crippen molar-refractivity contribution in [2.24, 2.45) is 0 Å². The Labute approximate surface area is 82.7 Å². The number of ether oxygens (including phenoxy) is 2. The Morgan fingerprint density at radius 3 is 2.69 bits per heavy atom. The summed E-state index contributed by atoms with van der Waals surface area (Å²) in [5.41, 5.74) is 0.900. The molecule has 0 spiro atoms. The molecule has 0 aromatic heterocycles. The zero-order valence-electron chi connectivity index (χ0n) is 7.58. The molecule has 0 N–H and O–H groups in total. The molecule has 0 aliphatic heterocycles. The van der Waals surface area contributed by atoms with Gasteiger partial charge in [0.25, 0.3) is 0 Å². The molecule has 0 radical (unpaired) electrons. The van der Waals surface area contributed by atoms with Crippen LogP contribution in [0.25, 0.3) is 6.08 Å². The lowest BCUT2D eigenvalue weighted by atomic mass is 10.2. The molecular formula is C10H11ClO2. The van der Waals surface area contributed by atoms with E-state index in [9.17, 15) is 0 Å². The molecule has 0 saturated heterocycles. The van der Waals surface area contributed by atoms with Crippen LogP contribution in [0.2, 0.25) is 5.02 Å². The predicted octanol–water partition coefficient (Wildman–Crippen LogP) is 2.97. The van der Waals surface area contributed by atoms with Crippen LogP contribution in [-0.2, 0) is 4.74 Å². The highest BCUT2D eigenvalue weighted by atomic mass is 35.5. The van der Waals surface area contributed by atoms with Gasteiger partial charge in [-0.25, -0.2) is 0 Å². The molecule has 2 nitrogen and oxygen atoms in total.